The standard InChI is InChI=1S/C24H26FN3O2/c1-3-27-12-13-28(17(2)15-27)16-30-24(29)20-7-11-23-19(14-20)6-10-22(26-23)18-4-8-21(25)9-5-18/h4-11,14,17H,3,12-13,15-16H2,1-2H3/t17-/m0/s1. The summed E-state index contributed by atoms with van der Waals surface area (Å²) in [6.07, 6.45) is 0. The number of halogens is 1. The zero-order valence-corrected chi connectivity index (χ0v) is 17.3. The van der Waals surface area contributed by atoms with Crippen LogP contribution < -0.4 is 0 Å². The van der Waals surface area contributed by atoms with Gasteiger partial charge in [0.1, 0.15) is 12.5 Å². The van der Waals surface area contributed by atoms with Crippen LogP contribution in [0.2, 0.25) is 0 Å². The van der Waals surface area contributed by atoms with Crippen molar-refractivity contribution < 1.29 is 13.9 Å². The maximum absolute atomic E-state index is 13.1. The number of hydrogen-bond acceptors (Lipinski definition) is 5. The number of pyridine rings is 1. The molecule has 0 radical (unpaired) electrons. The van der Waals surface area contributed by atoms with Crippen molar-refractivity contribution in [2.75, 3.05) is 32.9 Å². The SMILES string of the molecule is CCN1CCN(COC(=O)c2ccc3nc(-c4ccc(F)cc4)ccc3c2)[C@@H](C)C1. The van der Waals surface area contributed by atoms with E-state index in [1.807, 2.05) is 18.2 Å². The normalized spacial score (nSPS) is 17.9. The van der Waals surface area contributed by atoms with Crippen LogP contribution in [0.25, 0.3) is 22.2 Å². The summed E-state index contributed by atoms with van der Waals surface area (Å²) in [5.74, 6) is -0.603. The summed E-state index contributed by atoms with van der Waals surface area (Å²) >= 11 is 0. The van der Waals surface area contributed by atoms with Gasteiger partial charge in [0, 0.05) is 36.6 Å². The van der Waals surface area contributed by atoms with E-state index in [9.17, 15) is 9.18 Å². The van der Waals surface area contributed by atoms with Gasteiger partial charge < -0.3 is 9.64 Å². The number of carbonyl (C=O) groups is 1. The molecule has 2 aromatic carbocycles. The third kappa shape index (κ3) is 4.50. The van der Waals surface area contributed by atoms with E-state index in [2.05, 4.69) is 28.6 Å². The van der Waals surface area contributed by atoms with Crippen molar-refractivity contribution in [1.82, 2.24) is 14.8 Å². The Balaban J connectivity index is 1.43. The molecule has 1 aromatic heterocycles. The van der Waals surface area contributed by atoms with Crippen molar-refractivity contribution in [3.63, 3.8) is 0 Å². The lowest BCUT2D eigenvalue weighted by molar-refractivity contribution is -0.0109. The fourth-order valence-electron chi connectivity index (χ4n) is 3.81. The molecule has 1 aliphatic rings. The van der Waals surface area contributed by atoms with Gasteiger partial charge in [-0.15, -0.1) is 0 Å². The van der Waals surface area contributed by atoms with Crippen molar-refractivity contribution in [3.8, 4) is 11.3 Å². The van der Waals surface area contributed by atoms with Crippen molar-refractivity contribution in [1.29, 1.82) is 0 Å². The molecule has 1 atom stereocenters. The summed E-state index contributed by atoms with van der Waals surface area (Å²) in [6.45, 7) is 8.57. The first-order chi connectivity index (χ1) is 14.5. The van der Waals surface area contributed by atoms with Crippen LogP contribution in [0.5, 0.6) is 0 Å². The zero-order chi connectivity index (χ0) is 21.1. The van der Waals surface area contributed by atoms with Crippen LogP contribution in [-0.4, -0.2) is 59.7 Å². The molecule has 30 heavy (non-hydrogen) atoms. The lowest BCUT2D eigenvalue weighted by atomic mass is 10.1. The van der Waals surface area contributed by atoms with Crippen LogP contribution in [0, 0.1) is 5.82 Å². The van der Waals surface area contributed by atoms with Crippen LogP contribution in [-0.2, 0) is 4.74 Å². The van der Waals surface area contributed by atoms with Crippen LogP contribution in [0.15, 0.2) is 54.6 Å². The monoisotopic (exact) mass is 407 g/mol. The number of esters is 1. The Morgan fingerprint density at radius 1 is 1.13 bits per heavy atom. The minimum absolute atomic E-state index is 0.274. The van der Waals surface area contributed by atoms with E-state index in [0.29, 0.717) is 18.3 Å². The summed E-state index contributed by atoms with van der Waals surface area (Å²) in [5, 5.41) is 0.861. The molecule has 2 heterocycles. The molecule has 1 saturated heterocycles. The summed E-state index contributed by atoms with van der Waals surface area (Å²) < 4.78 is 18.7. The summed E-state index contributed by atoms with van der Waals surface area (Å²) in [6, 6.07) is 15.8. The van der Waals surface area contributed by atoms with E-state index < -0.39 is 0 Å². The molecular formula is C24H26FN3O2. The zero-order valence-electron chi connectivity index (χ0n) is 17.3. The molecule has 0 unspecified atom stereocenters. The van der Waals surface area contributed by atoms with Crippen molar-refractivity contribution in [2.45, 2.75) is 19.9 Å². The number of likely N-dealkylation sites (N-methyl/N-ethyl adjacent to an activating group) is 1. The van der Waals surface area contributed by atoms with Crippen molar-refractivity contribution >= 4 is 16.9 Å². The topological polar surface area (TPSA) is 45.7 Å². The Bertz CT molecular complexity index is 1040. The number of benzene rings is 2. The number of nitrogens with zero attached hydrogens (tertiary/aromatic N) is 3. The molecule has 5 nitrogen and oxygen atoms in total. The van der Waals surface area contributed by atoms with Gasteiger partial charge in [0.25, 0.3) is 0 Å². The average molecular weight is 407 g/mol. The van der Waals surface area contributed by atoms with Crippen LogP contribution in [0.1, 0.15) is 24.2 Å². The number of hydrogen-bond donors (Lipinski definition) is 0. The first-order valence-electron chi connectivity index (χ1n) is 10.3. The van der Waals surface area contributed by atoms with Gasteiger partial charge in [-0.1, -0.05) is 13.0 Å². The molecule has 0 aliphatic carbocycles. The van der Waals surface area contributed by atoms with E-state index in [-0.39, 0.29) is 11.8 Å². The predicted octanol–water partition coefficient (Wildman–Crippen LogP) is 4.18. The second kappa shape index (κ2) is 8.90. The van der Waals surface area contributed by atoms with Gasteiger partial charge in [-0.05, 0) is 62.0 Å². The third-order valence-electron chi connectivity index (χ3n) is 5.72. The molecule has 0 N–H and O–H groups in total. The van der Waals surface area contributed by atoms with Gasteiger partial charge >= 0.3 is 5.97 Å². The van der Waals surface area contributed by atoms with Gasteiger partial charge in [-0.25, -0.2) is 14.2 Å². The van der Waals surface area contributed by atoms with Gasteiger partial charge in [0.15, 0.2) is 0 Å². The smallest absolute Gasteiger partial charge is 0.339 e. The van der Waals surface area contributed by atoms with Crippen molar-refractivity contribution in [3.05, 3.63) is 66.0 Å². The number of piperazine rings is 1. The van der Waals surface area contributed by atoms with Gasteiger partial charge in [0.05, 0.1) is 16.8 Å². The van der Waals surface area contributed by atoms with Crippen molar-refractivity contribution in [2.24, 2.45) is 0 Å². The average Bonchev–Trinajstić information content (AvgIpc) is 2.77. The van der Waals surface area contributed by atoms with E-state index in [0.717, 1.165) is 48.3 Å². The minimum atomic E-state index is -0.329. The van der Waals surface area contributed by atoms with Gasteiger partial charge in [0.2, 0.25) is 0 Å². The van der Waals surface area contributed by atoms with Crippen LogP contribution >= 0.6 is 0 Å². The second-order valence-corrected chi connectivity index (χ2v) is 7.73. The quantitative estimate of drug-likeness (QED) is 0.594. The van der Waals surface area contributed by atoms with Crippen LogP contribution in [0.4, 0.5) is 4.39 Å². The Morgan fingerprint density at radius 2 is 1.93 bits per heavy atom. The largest absolute Gasteiger partial charge is 0.446 e. The lowest BCUT2D eigenvalue weighted by Crippen LogP contribution is -2.52. The summed E-state index contributed by atoms with van der Waals surface area (Å²) in [7, 11) is 0. The molecule has 0 saturated carbocycles. The fourth-order valence-corrected chi connectivity index (χ4v) is 3.81. The minimum Gasteiger partial charge on any atom is -0.446 e. The second-order valence-electron chi connectivity index (χ2n) is 7.73. The highest BCUT2D eigenvalue weighted by molar-refractivity contribution is 5.94. The highest BCUT2D eigenvalue weighted by Crippen LogP contribution is 2.22. The Morgan fingerprint density at radius 3 is 2.67 bits per heavy atom. The number of fused-ring (bicyclic) bond motifs is 1. The molecule has 1 fully saturated rings. The first-order valence-corrected chi connectivity index (χ1v) is 10.3. The maximum Gasteiger partial charge on any atom is 0.339 e. The van der Waals surface area contributed by atoms with E-state index in [1.165, 1.54) is 12.1 Å². The molecule has 4 rings (SSSR count). The lowest BCUT2D eigenvalue weighted by Gasteiger charge is -2.38. The maximum atomic E-state index is 13.1. The number of carbonyl (C=O) groups excluding carboxylic acids is 1. The highest BCUT2D eigenvalue weighted by atomic mass is 19.1. The molecule has 0 spiro atoms. The van der Waals surface area contributed by atoms with E-state index >= 15 is 0 Å². The molecule has 3 aromatic rings. The molecule has 6 heteroatoms. The first kappa shape index (κ1) is 20.4. The summed E-state index contributed by atoms with van der Waals surface area (Å²) in [5.41, 5.74) is 2.90. The number of rotatable bonds is 5. The Labute approximate surface area is 176 Å². The molecule has 0 bridgehead atoms. The molecule has 156 valence electrons. The Kier molecular flexibility index (Phi) is 6.06. The van der Waals surface area contributed by atoms with Crippen LogP contribution in [0.3, 0.4) is 0 Å². The van der Waals surface area contributed by atoms with E-state index in [4.69, 9.17) is 4.74 Å². The fraction of sp³-hybridized carbons (Fsp3) is 0.333. The Hall–Kier alpha value is -2.83. The summed E-state index contributed by atoms with van der Waals surface area (Å²) in [4.78, 5) is 21.8. The highest BCUT2D eigenvalue weighted by Gasteiger charge is 2.23. The molecular weight excluding hydrogens is 381 g/mol. The predicted molar refractivity (Wildman–Crippen MR) is 116 cm³/mol. The molecule has 0 amide bonds. The number of aromatic nitrogens is 1. The van der Waals surface area contributed by atoms with E-state index in [1.54, 1.807) is 24.3 Å². The van der Waals surface area contributed by atoms with Gasteiger partial charge in [-0.3, -0.25) is 4.90 Å². The number of ether oxygens (including phenoxy) is 1. The van der Waals surface area contributed by atoms with Gasteiger partial charge in [-0.2, -0.15) is 0 Å². The third-order valence-corrected chi connectivity index (χ3v) is 5.72. The molecule has 1 aliphatic heterocycles.